The summed E-state index contributed by atoms with van der Waals surface area (Å²) in [5.41, 5.74) is 1.56. The summed E-state index contributed by atoms with van der Waals surface area (Å²) >= 11 is 3.34. The number of rotatable bonds is 4. The SMILES string of the molecule is C=CCCC(=O)c1cc(C)c(Br)cn1. The molecule has 0 aliphatic heterocycles. The van der Waals surface area contributed by atoms with Gasteiger partial charge in [-0.1, -0.05) is 6.08 Å². The zero-order chi connectivity index (χ0) is 10.6. The van der Waals surface area contributed by atoms with Crippen LogP contribution in [0.4, 0.5) is 0 Å². The van der Waals surface area contributed by atoms with E-state index in [1.807, 2.05) is 6.92 Å². The van der Waals surface area contributed by atoms with Gasteiger partial charge in [0.25, 0.3) is 0 Å². The fourth-order valence-electron chi connectivity index (χ4n) is 1.05. The molecular weight excluding hydrogens is 242 g/mol. The Labute approximate surface area is 92.2 Å². The maximum atomic E-state index is 11.5. The summed E-state index contributed by atoms with van der Waals surface area (Å²) in [6.07, 6.45) is 4.59. The van der Waals surface area contributed by atoms with Gasteiger partial charge in [-0.15, -0.1) is 6.58 Å². The molecule has 1 aromatic rings. The molecule has 1 aromatic heterocycles. The fourth-order valence-corrected chi connectivity index (χ4v) is 1.27. The highest BCUT2D eigenvalue weighted by Gasteiger charge is 2.07. The van der Waals surface area contributed by atoms with E-state index in [0.717, 1.165) is 10.0 Å². The number of aromatic nitrogens is 1. The average Bonchev–Trinajstić information content (AvgIpc) is 2.18. The third-order valence-electron chi connectivity index (χ3n) is 1.91. The standard InChI is InChI=1S/C11H12BrNO/c1-3-4-5-11(14)10-6-8(2)9(12)7-13-10/h3,6-7H,1,4-5H2,2H3. The highest BCUT2D eigenvalue weighted by molar-refractivity contribution is 9.10. The molecule has 0 aromatic carbocycles. The van der Waals surface area contributed by atoms with Crippen LogP contribution in [0, 0.1) is 6.92 Å². The molecule has 74 valence electrons. The summed E-state index contributed by atoms with van der Waals surface area (Å²) in [6.45, 7) is 5.52. The first kappa shape index (κ1) is 11.1. The molecular formula is C11H12BrNO. The minimum Gasteiger partial charge on any atom is -0.292 e. The van der Waals surface area contributed by atoms with Crippen molar-refractivity contribution in [2.24, 2.45) is 0 Å². The third kappa shape index (κ3) is 2.77. The van der Waals surface area contributed by atoms with E-state index in [1.54, 1.807) is 18.3 Å². The van der Waals surface area contributed by atoms with Gasteiger partial charge in [0.2, 0.25) is 0 Å². The third-order valence-corrected chi connectivity index (χ3v) is 2.74. The Morgan fingerprint density at radius 1 is 1.71 bits per heavy atom. The molecule has 0 fully saturated rings. The molecule has 14 heavy (non-hydrogen) atoms. The van der Waals surface area contributed by atoms with Crippen molar-refractivity contribution in [1.29, 1.82) is 0 Å². The molecule has 1 rings (SSSR count). The Bertz CT molecular complexity index is 360. The Hall–Kier alpha value is -0.960. The van der Waals surface area contributed by atoms with E-state index >= 15 is 0 Å². The number of carbonyl (C=O) groups excluding carboxylic acids is 1. The lowest BCUT2D eigenvalue weighted by Crippen LogP contribution is -2.01. The van der Waals surface area contributed by atoms with Crippen LogP contribution in [0.5, 0.6) is 0 Å². The van der Waals surface area contributed by atoms with Crippen LogP contribution >= 0.6 is 15.9 Å². The molecule has 0 aliphatic rings. The van der Waals surface area contributed by atoms with Gasteiger partial charge in [-0.3, -0.25) is 9.78 Å². The van der Waals surface area contributed by atoms with E-state index in [0.29, 0.717) is 18.5 Å². The van der Waals surface area contributed by atoms with Crippen LogP contribution in [0.3, 0.4) is 0 Å². The number of hydrogen-bond donors (Lipinski definition) is 0. The van der Waals surface area contributed by atoms with Crippen molar-refractivity contribution in [3.63, 3.8) is 0 Å². The van der Waals surface area contributed by atoms with E-state index < -0.39 is 0 Å². The van der Waals surface area contributed by atoms with Crippen molar-refractivity contribution in [1.82, 2.24) is 4.98 Å². The number of aryl methyl sites for hydroxylation is 1. The van der Waals surface area contributed by atoms with Crippen molar-refractivity contribution < 1.29 is 4.79 Å². The first-order chi connectivity index (χ1) is 6.65. The molecule has 0 amide bonds. The maximum absolute atomic E-state index is 11.5. The van der Waals surface area contributed by atoms with Crippen LogP contribution in [-0.4, -0.2) is 10.8 Å². The molecule has 0 bridgehead atoms. The van der Waals surface area contributed by atoms with Crippen molar-refractivity contribution >= 4 is 21.7 Å². The zero-order valence-electron chi connectivity index (χ0n) is 8.09. The van der Waals surface area contributed by atoms with Gasteiger partial charge in [-0.05, 0) is 40.9 Å². The van der Waals surface area contributed by atoms with Gasteiger partial charge in [-0.2, -0.15) is 0 Å². The monoisotopic (exact) mass is 253 g/mol. The van der Waals surface area contributed by atoms with Crippen LogP contribution < -0.4 is 0 Å². The minimum absolute atomic E-state index is 0.0699. The van der Waals surface area contributed by atoms with Gasteiger partial charge >= 0.3 is 0 Å². The second-order valence-electron chi connectivity index (χ2n) is 3.07. The summed E-state index contributed by atoms with van der Waals surface area (Å²) < 4.78 is 0.928. The second-order valence-corrected chi connectivity index (χ2v) is 3.92. The Morgan fingerprint density at radius 2 is 2.43 bits per heavy atom. The Morgan fingerprint density at radius 3 is 3.00 bits per heavy atom. The Kier molecular flexibility index (Phi) is 4.01. The first-order valence-corrected chi connectivity index (χ1v) is 5.20. The van der Waals surface area contributed by atoms with Crippen LogP contribution in [-0.2, 0) is 0 Å². The maximum Gasteiger partial charge on any atom is 0.181 e. The summed E-state index contributed by atoms with van der Waals surface area (Å²) in [5.74, 6) is 0.0699. The second kappa shape index (κ2) is 5.05. The molecule has 0 radical (unpaired) electrons. The van der Waals surface area contributed by atoms with E-state index in [-0.39, 0.29) is 5.78 Å². The van der Waals surface area contributed by atoms with Gasteiger partial charge in [0.15, 0.2) is 5.78 Å². The normalized spacial score (nSPS) is 9.86. The van der Waals surface area contributed by atoms with Gasteiger partial charge in [0.1, 0.15) is 5.69 Å². The van der Waals surface area contributed by atoms with Crippen LogP contribution in [0.1, 0.15) is 28.9 Å². The van der Waals surface area contributed by atoms with Crippen LogP contribution in [0.15, 0.2) is 29.4 Å². The lowest BCUT2D eigenvalue weighted by Gasteiger charge is -2.01. The summed E-state index contributed by atoms with van der Waals surface area (Å²) in [7, 11) is 0. The molecule has 0 unspecified atom stereocenters. The lowest BCUT2D eigenvalue weighted by molar-refractivity contribution is 0.0979. The summed E-state index contributed by atoms with van der Waals surface area (Å²) in [4.78, 5) is 15.6. The van der Waals surface area contributed by atoms with Crippen molar-refractivity contribution in [2.75, 3.05) is 0 Å². The lowest BCUT2D eigenvalue weighted by atomic mass is 10.1. The zero-order valence-corrected chi connectivity index (χ0v) is 9.67. The molecule has 0 saturated carbocycles. The molecule has 1 heterocycles. The molecule has 0 saturated heterocycles. The number of ketones is 1. The number of nitrogens with zero attached hydrogens (tertiary/aromatic N) is 1. The van der Waals surface area contributed by atoms with Crippen molar-refractivity contribution in [2.45, 2.75) is 19.8 Å². The van der Waals surface area contributed by atoms with E-state index in [1.165, 1.54) is 0 Å². The number of pyridine rings is 1. The average molecular weight is 254 g/mol. The molecule has 2 nitrogen and oxygen atoms in total. The number of allylic oxidation sites excluding steroid dienone is 1. The molecule has 3 heteroatoms. The van der Waals surface area contributed by atoms with Gasteiger partial charge < -0.3 is 0 Å². The summed E-state index contributed by atoms with van der Waals surface area (Å²) in [5, 5.41) is 0. The highest BCUT2D eigenvalue weighted by atomic mass is 79.9. The quantitative estimate of drug-likeness (QED) is 0.609. The fraction of sp³-hybridized carbons (Fsp3) is 0.273. The van der Waals surface area contributed by atoms with E-state index in [4.69, 9.17) is 0 Å². The molecule has 0 N–H and O–H groups in total. The van der Waals surface area contributed by atoms with E-state index in [2.05, 4.69) is 27.5 Å². The number of halogens is 1. The number of Topliss-reactive ketones (excluding diaryl/α,β-unsaturated/α-hetero) is 1. The smallest absolute Gasteiger partial charge is 0.181 e. The first-order valence-electron chi connectivity index (χ1n) is 4.41. The topological polar surface area (TPSA) is 30.0 Å². The highest BCUT2D eigenvalue weighted by Crippen LogP contribution is 2.15. The van der Waals surface area contributed by atoms with Crippen molar-refractivity contribution in [3.05, 3.63) is 40.6 Å². The predicted molar refractivity (Wildman–Crippen MR) is 60.4 cm³/mol. The van der Waals surface area contributed by atoms with Gasteiger partial charge in [0.05, 0.1) is 0 Å². The Balaban J connectivity index is 2.80. The largest absolute Gasteiger partial charge is 0.292 e. The minimum atomic E-state index is 0.0699. The molecule has 0 aliphatic carbocycles. The molecule has 0 spiro atoms. The van der Waals surface area contributed by atoms with Crippen LogP contribution in [0.25, 0.3) is 0 Å². The van der Waals surface area contributed by atoms with Gasteiger partial charge in [-0.25, -0.2) is 0 Å². The summed E-state index contributed by atoms with van der Waals surface area (Å²) in [6, 6.07) is 1.80. The molecule has 0 atom stereocenters. The number of carbonyl (C=O) groups is 1. The van der Waals surface area contributed by atoms with Crippen molar-refractivity contribution in [3.8, 4) is 0 Å². The number of hydrogen-bond acceptors (Lipinski definition) is 2. The predicted octanol–water partition coefficient (Wildman–Crippen LogP) is 3.30. The van der Waals surface area contributed by atoms with E-state index in [9.17, 15) is 4.79 Å². The van der Waals surface area contributed by atoms with Crippen LogP contribution in [0.2, 0.25) is 0 Å². The van der Waals surface area contributed by atoms with Gasteiger partial charge in [0, 0.05) is 17.1 Å².